The topological polar surface area (TPSA) is 100 Å². The number of aryl methyl sites for hydroxylation is 1. The highest BCUT2D eigenvalue weighted by atomic mass is 32.1. The third kappa shape index (κ3) is 3.36. The zero-order chi connectivity index (χ0) is 18.0. The van der Waals surface area contributed by atoms with Crippen LogP contribution in [-0.2, 0) is 6.42 Å². The van der Waals surface area contributed by atoms with Crippen molar-refractivity contribution in [2.45, 2.75) is 20.3 Å². The van der Waals surface area contributed by atoms with Gasteiger partial charge in [-0.25, -0.2) is 9.78 Å². The molecular formula is C18H19N3O3S. The molecule has 0 atom stereocenters. The number of pyridine rings is 1. The number of anilines is 1. The molecule has 1 amide bonds. The molecule has 0 aliphatic rings. The van der Waals surface area contributed by atoms with Gasteiger partial charge in [-0.15, -0.1) is 0 Å². The first-order valence-electron chi connectivity index (χ1n) is 7.95. The van der Waals surface area contributed by atoms with Gasteiger partial charge in [0.1, 0.15) is 10.6 Å². The van der Waals surface area contributed by atoms with E-state index in [9.17, 15) is 4.79 Å². The van der Waals surface area contributed by atoms with Crippen LogP contribution in [0, 0.1) is 0 Å². The van der Waals surface area contributed by atoms with Gasteiger partial charge in [-0.2, -0.15) is 0 Å². The Bertz CT molecular complexity index is 919. The van der Waals surface area contributed by atoms with Gasteiger partial charge in [0, 0.05) is 10.9 Å². The molecule has 0 bridgehead atoms. The molecule has 2 heterocycles. The average Bonchev–Trinajstić information content (AvgIpc) is 2.90. The molecule has 1 aromatic carbocycles. The summed E-state index contributed by atoms with van der Waals surface area (Å²) >= 11 is 1.22. The Balaban J connectivity index is 2.09. The van der Waals surface area contributed by atoms with Crippen molar-refractivity contribution in [2.24, 2.45) is 5.73 Å². The zero-order valence-electron chi connectivity index (χ0n) is 14.0. The molecule has 3 rings (SSSR count). The maximum Gasteiger partial charge on any atom is 0.410 e. The van der Waals surface area contributed by atoms with Crippen LogP contribution in [0.15, 0.2) is 30.3 Å². The second-order valence-electron chi connectivity index (χ2n) is 5.38. The van der Waals surface area contributed by atoms with Crippen molar-refractivity contribution in [3.63, 3.8) is 0 Å². The third-order valence-corrected chi connectivity index (χ3v) is 4.76. The molecule has 0 fully saturated rings. The lowest BCUT2D eigenvalue weighted by molar-refractivity contribution is 0.212. The van der Waals surface area contributed by atoms with Crippen molar-refractivity contribution in [1.29, 1.82) is 0 Å². The van der Waals surface area contributed by atoms with Gasteiger partial charge in [0.05, 0.1) is 18.0 Å². The Morgan fingerprint density at radius 3 is 2.56 bits per heavy atom. The monoisotopic (exact) mass is 357 g/mol. The van der Waals surface area contributed by atoms with Gasteiger partial charge in [-0.05, 0) is 49.2 Å². The summed E-state index contributed by atoms with van der Waals surface area (Å²) in [6, 6.07) is 9.78. The van der Waals surface area contributed by atoms with E-state index in [0.717, 1.165) is 39.2 Å². The van der Waals surface area contributed by atoms with Crippen LogP contribution >= 0.6 is 11.3 Å². The van der Waals surface area contributed by atoms with E-state index < -0.39 is 6.09 Å². The molecule has 0 saturated heterocycles. The van der Waals surface area contributed by atoms with Crippen molar-refractivity contribution in [3.8, 4) is 22.1 Å². The number of carbonyl (C=O) groups is 1. The molecule has 0 saturated carbocycles. The predicted octanol–water partition coefficient (Wildman–Crippen LogP) is 3.96. The summed E-state index contributed by atoms with van der Waals surface area (Å²) in [5.74, 6) is 0.820. The first-order valence-corrected chi connectivity index (χ1v) is 8.77. The molecule has 0 unspecified atom stereocenters. The Morgan fingerprint density at radius 1 is 1.24 bits per heavy atom. The zero-order valence-corrected chi connectivity index (χ0v) is 14.9. The molecule has 0 spiro atoms. The molecule has 0 aliphatic carbocycles. The van der Waals surface area contributed by atoms with Crippen LogP contribution in [0.4, 0.5) is 10.5 Å². The third-order valence-electron chi connectivity index (χ3n) is 3.78. The Kier molecular flexibility index (Phi) is 4.76. The van der Waals surface area contributed by atoms with E-state index in [0.29, 0.717) is 12.3 Å². The summed E-state index contributed by atoms with van der Waals surface area (Å²) in [4.78, 5) is 16.4. The minimum atomic E-state index is -0.886. The van der Waals surface area contributed by atoms with Gasteiger partial charge in [0.25, 0.3) is 0 Å². The molecule has 0 radical (unpaired) electrons. The Morgan fingerprint density at radius 2 is 1.96 bits per heavy atom. The number of hydrogen-bond donors (Lipinski definition) is 2. The van der Waals surface area contributed by atoms with Gasteiger partial charge in [0.2, 0.25) is 5.06 Å². The normalized spacial score (nSPS) is 10.8. The van der Waals surface area contributed by atoms with Crippen molar-refractivity contribution >= 4 is 33.3 Å². The van der Waals surface area contributed by atoms with E-state index in [1.54, 1.807) is 0 Å². The van der Waals surface area contributed by atoms with Crippen molar-refractivity contribution < 1.29 is 14.3 Å². The number of rotatable bonds is 5. The van der Waals surface area contributed by atoms with Gasteiger partial charge in [-0.1, -0.05) is 18.3 Å². The highest BCUT2D eigenvalue weighted by molar-refractivity contribution is 7.21. The fourth-order valence-electron chi connectivity index (χ4n) is 2.66. The van der Waals surface area contributed by atoms with Crippen molar-refractivity contribution in [2.75, 3.05) is 12.3 Å². The van der Waals surface area contributed by atoms with Crippen molar-refractivity contribution in [1.82, 2.24) is 4.98 Å². The van der Waals surface area contributed by atoms with Gasteiger partial charge >= 0.3 is 6.09 Å². The molecular weight excluding hydrogens is 338 g/mol. The van der Waals surface area contributed by atoms with Gasteiger partial charge in [0.15, 0.2) is 0 Å². The van der Waals surface area contributed by atoms with Crippen LogP contribution in [0.3, 0.4) is 0 Å². The molecule has 25 heavy (non-hydrogen) atoms. The van der Waals surface area contributed by atoms with Crippen LogP contribution in [0.5, 0.6) is 10.8 Å². The molecule has 7 heteroatoms. The fourth-order valence-corrected chi connectivity index (χ4v) is 3.66. The van der Waals surface area contributed by atoms with E-state index in [1.807, 2.05) is 44.2 Å². The number of amides is 1. The summed E-state index contributed by atoms with van der Waals surface area (Å²) in [5, 5.41) is 1.10. The summed E-state index contributed by atoms with van der Waals surface area (Å²) < 4.78 is 10.5. The number of benzene rings is 1. The second kappa shape index (κ2) is 6.98. The smallest absolute Gasteiger partial charge is 0.410 e. The van der Waals surface area contributed by atoms with Crippen LogP contribution in [0.25, 0.3) is 21.5 Å². The quantitative estimate of drug-likeness (QED) is 0.720. The summed E-state index contributed by atoms with van der Waals surface area (Å²) in [7, 11) is 0. The van der Waals surface area contributed by atoms with E-state index in [2.05, 4.69) is 4.98 Å². The number of thiophene rings is 1. The standard InChI is InChI=1S/C18H19N3O3S/c1-3-10-9-13(11-5-7-12(8-6-11)23-4-2)21-16-14(10)15(19)17(25-16)24-18(20)22/h5-9H,3-4,19H2,1-2H3,(H2,20,22). The number of hydrogen-bond acceptors (Lipinski definition) is 6. The summed E-state index contributed by atoms with van der Waals surface area (Å²) in [5.41, 5.74) is 14.5. The number of ether oxygens (including phenoxy) is 2. The largest absolute Gasteiger partial charge is 0.494 e. The van der Waals surface area contributed by atoms with Crippen molar-refractivity contribution in [3.05, 3.63) is 35.9 Å². The lowest BCUT2D eigenvalue weighted by Crippen LogP contribution is -2.16. The molecule has 4 N–H and O–H groups in total. The number of aromatic nitrogens is 1. The molecule has 2 aromatic heterocycles. The van der Waals surface area contributed by atoms with Crippen LogP contribution in [0.2, 0.25) is 0 Å². The number of fused-ring (bicyclic) bond motifs is 1. The number of nitrogens with two attached hydrogens (primary N) is 2. The molecule has 130 valence electrons. The Hall–Kier alpha value is -2.80. The minimum absolute atomic E-state index is 0.286. The molecule has 6 nitrogen and oxygen atoms in total. The van der Waals surface area contributed by atoms with E-state index in [-0.39, 0.29) is 5.06 Å². The lowest BCUT2D eigenvalue weighted by atomic mass is 10.0. The van der Waals surface area contributed by atoms with Crippen LogP contribution < -0.4 is 20.9 Å². The van der Waals surface area contributed by atoms with Gasteiger partial charge < -0.3 is 20.9 Å². The number of nitrogens with zero attached hydrogens (tertiary/aromatic N) is 1. The van der Waals surface area contributed by atoms with Gasteiger partial charge in [-0.3, -0.25) is 0 Å². The number of nitrogen functional groups attached to an aromatic ring is 1. The lowest BCUT2D eigenvalue weighted by Gasteiger charge is -2.08. The minimum Gasteiger partial charge on any atom is -0.494 e. The van der Waals surface area contributed by atoms with E-state index in [1.165, 1.54) is 11.3 Å². The van der Waals surface area contributed by atoms with Crippen LogP contribution in [-0.4, -0.2) is 17.7 Å². The van der Waals surface area contributed by atoms with Crippen LogP contribution in [0.1, 0.15) is 19.4 Å². The summed E-state index contributed by atoms with van der Waals surface area (Å²) in [6.07, 6.45) is -0.108. The summed E-state index contributed by atoms with van der Waals surface area (Å²) in [6.45, 7) is 4.62. The second-order valence-corrected chi connectivity index (χ2v) is 6.34. The number of primary amides is 1. The highest BCUT2D eigenvalue weighted by Gasteiger charge is 2.18. The van der Waals surface area contributed by atoms with E-state index >= 15 is 0 Å². The molecule has 3 aromatic rings. The fraction of sp³-hybridized carbons (Fsp3) is 0.222. The SMILES string of the molecule is CCOc1ccc(-c2cc(CC)c3c(N)c(OC(N)=O)sc3n2)cc1. The maximum absolute atomic E-state index is 11.0. The molecule has 0 aliphatic heterocycles. The Labute approximate surface area is 149 Å². The van der Waals surface area contributed by atoms with E-state index in [4.69, 9.17) is 20.9 Å². The average molecular weight is 357 g/mol. The maximum atomic E-state index is 11.0. The highest BCUT2D eigenvalue weighted by Crippen LogP contribution is 2.42. The number of carbonyl (C=O) groups excluding carboxylic acids is 1. The first-order chi connectivity index (χ1) is 12.0. The predicted molar refractivity (Wildman–Crippen MR) is 100 cm³/mol. The first kappa shape index (κ1) is 17.0.